The molecule has 0 aliphatic carbocycles. The second kappa shape index (κ2) is 5.61. The SMILES string of the molecule is Cc1cc(C(=O)Nc2ncccc2Br)c2ccccc2n1. The van der Waals surface area contributed by atoms with Gasteiger partial charge in [-0.15, -0.1) is 0 Å². The Labute approximate surface area is 130 Å². The van der Waals surface area contributed by atoms with Crippen molar-refractivity contribution in [3.05, 3.63) is 64.4 Å². The first-order chi connectivity index (χ1) is 10.1. The maximum absolute atomic E-state index is 12.5. The summed E-state index contributed by atoms with van der Waals surface area (Å²) in [6.07, 6.45) is 1.64. The van der Waals surface area contributed by atoms with Crippen LogP contribution in [-0.4, -0.2) is 15.9 Å². The van der Waals surface area contributed by atoms with E-state index in [1.807, 2.05) is 37.3 Å². The number of aryl methyl sites for hydroxylation is 1. The number of hydrogen-bond donors (Lipinski definition) is 1. The van der Waals surface area contributed by atoms with Crippen LogP contribution >= 0.6 is 15.9 Å². The minimum Gasteiger partial charge on any atom is -0.306 e. The van der Waals surface area contributed by atoms with Crippen LogP contribution in [0.1, 0.15) is 16.1 Å². The van der Waals surface area contributed by atoms with E-state index >= 15 is 0 Å². The molecule has 1 aromatic carbocycles. The smallest absolute Gasteiger partial charge is 0.257 e. The molecule has 0 bridgehead atoms. The third kappa shape index (κ3) is 2.78. The van der Waals surface area contributed by atoms with E-state index in [1.165, 1.54) is 0 Å². The summed E-state index contributed by atoms with van der Waals surface area (Å²) >= 11 is 3.37. The van der Waals surface area contributed by atoms with Gasteiger partial charge in [0.05, 0.1) is 15.6 Å². The molecule has 2 heterocycles. The molecule has 104 valence electrons. The Kier molecular flexibility index (Phi) is 3.66. The summed E-state index contributed by atoms with van der Waals surface area (Å²) in [7, 11) is 0. The van der Waals surface area contributed by atoms with E-state index in [1.54, 1.807) is 18.3 Å². The second-order valence-electron chi connectivity index (χ2n) is 4.62. The molecule has 0 aliphatic heterocycles. The van der Waals surface area contributed by atoms with Crippen molar-refractivity contribution >= 4 is 38.6 Å². The number of halogens is 1. The molecule has 0 radical (unpaired) electrons. The highest BCUT2D eigenvalue weighted by atomic mass is 79.9. The van der Waals surface area contributed by atoms with E-state index < -0.39 is 0 Å². The van der Waals surface area contributed by atoms with Gasteiger partial charge in [-0.25, -0.2) is 4.98 Å². The highest BCUT2D eigenvalue weighted by Crippen LogP contribution is 2.22. The lowest BCUT2D eigenvalue weighted by Gasteiger charge is -2.09. The standard InChI is InChI=1S/C16H12BrN3O/c1-10-9-12(11-5-2-3-7-14(11)19-10)16(21)20-15-13(17)6-4-8-18-15/h2-9H,1H3,(H,18,20,21). The van der Waals surface area contributed by atoms with Crippen LogP contribution in [0.25, 0.3) is 10.9 Å². The number of nitrogens with one attached hydrogen (secondary N) is 1. The largest absolute Gasteiger partial charge is 0.306 e. The van der Waals surface area contributed by atoms with Gasteiger partial charge in [-0.05, 0) is 47.1 Å². The predicted octanol–water partition coefficient (Wildman–Crippen LogP) is 3.95. The number of anilines is 1. The number of aromatic nitrogens is 2. The number of carbonyl (C=O) groups excluding carboxylic acids is 1. The first-order valence-corrected chi connectivity index (χ1v) is 7.23. The zero-order chi connectivity index (χ0) is 14.8. The van der Waals surface area contributed by atoms with Crippen LogP contribution in [0.15, 0.2) is 53.1 Å². The Morgan fingerprint density at radius 2 is 2.00 bits per heavy atom. The summed E-state index contributed by atoms with van der Waals surface area (Å²) in [6.45, 7) is 1.87. The van der Waals surface area contributed by atoms with Gasteiger partial charge in [-0.1, -0.05) is 18.2 Å². The molecule has 0 unspecified atom stereocenters. The number of nitrogens with zero attached hydrogens (tertiary/aromatic N) is 2. The molecule has 3 rings (SSSR count). The molecule has 2 aromatic heterocycles. The monoisotopic (exact) mass is 341 g/mol. The molecule has 5 heteroatoms. The van der Waals surface area contributed by atoms with Crippen LogP contribution < -0.4 is 5.32 Å². The first-order valence-electron chi connectivity index (χ1n) is 6.43. The number of amides is 1. The van der Waals surface area contributed by atoms with Gasteiger partial charge in [0.1, 0.15) is 5.82 Å². The predicted molar refractivity (Wildman–Crippen MR) is 86.4 cm³/mol. The summed E-state index contributed by atoms with van der Waals surface area (Å²) < 4.78 is 0.744. The van der Waals surface area contributed by atoms with Crippen LogP contribution in [-0.2, 0) is 0 Å². The van der Waals surface area contributed by atoms with E-state index in [9.17, 15) is 4.79 Å². The van der Waals surface area contributed by atoms with E-state index in [2.05, 4.69) is 31.2 Å². The highest BCUT2D eigenvalue weighted by Gasteiger charge is 2.13. The Morgan fingerprint density at radius 1 is 1.19 bits per heavy atom. The third-order valence-electron chi connectivity index (χ3n) is 3.08. The lowest BCUT2D eigenvalue weighted by Crippen LogP contribution is -2.14. The second-order valence-corrected chi connectivity index (χ2v) is 5.47. The molecule has 3 aromatic rings. The lowest BCUT2D eigenvalue weighted by atomic mass is 10.1. The van der Waals surface area contributed by atoms with Gasteiger partial charge < -0.3 is 5.32 Å². The van der Waals surface area contributed by atoms with Crippen LogP contribution in [0.3, 0.4) is 0 Å². The van der Waals surface area contributed by atoms with Gasteiger partial charge in [-0.3, -0.25) is 9.78 Å². The Bertz CT molecular complexity index is 833. The summed E-state index contributed by atoms with van der Waals surface area (Å²) in [5.41, 5.74) is 2.21. The maximum Gasteiger partial charge on any atom is 0.257 e. The number of hydrogen-bond acceptors (Lipinski definition) is 3. The van der Waals surface area contributed by atoms with Crippen molar-refractivity contribution in [3.63, 3.8) is 0 Å². The van der Waals surface area contributed by atoms with Crippen LogP contribution in [0.5, 0.6) is 0 Å². The van der Waals surface area contributed by atoms with Gasteiger partial charge in [0.2, 0.25) is 0 Å². The minimum atomic E-state index is -0.198. The lowest BCUT2D eigenvalue weighted by molar-refractivity contribution is 0.102. The van der Waals surface area contributed by atoms with E-state index in [-0.39, 0.29) is 5.91 Å². The zero-order valence-corrected chi connectivity index (χ0v) is 12.9. The Hall–Kier alpha value is -2.27. The topological polar surface area (TPSA) is 54.9 Å². The van der Waals surface area contributed by atoms with Gasteiger partial charge in [0, 0.05) is 17.3 Å². The molecule has 1 amide bonds. The fourth-order valence-corrected chi connectivity index (χ4v) is 2.50. The van der Waals surface area contributed by atoms with Crippen LogP contribution in [0.4, 0.5) is 5.82 Å². The quantitative estimate of drug-likeness (QED) is 0.767. The Balaban J connectivity index is 2.04. The molecule has 4 nitrogen and oxygen atoms in total. The maximum atomic E-state index is 12.5. The number of benzene rings is 1. The van der Waals surface area contributed by atoms with Crippen LogP contribution in [0, 0.1) is 6.92 Å². The average molecular weight is 342 g/mol. The molecule has 0 atom stereocenters. The van der Waals surface area contributed by atoms with Gasteiger partial charge in [0.15, 0.2) is 0 Å². The van der Waals surface area contributed by atoms with E-state index in [0.717, 1.165) is 21.1 Å². The average Bonchev–Trinajstić information content (AvgIpc) is 2.48. The summed E-state index contributed by atoms with van der Waals surface area (Å²) in [5.74, 6) is 0.303. The normalized spacial score (nSPS) is 10.6. The number of carbonyl (C=O) groups is 1. The molecule has 0 saturated carbocycles. The molecular weight excluding hydrogens is 330 g/mol. The van der Waals surface area contributed by atoms with E-state index in [4.69, 9.17) is 0 Å². The molecule has 0 saturated heterocycles. The number of pyridine rings is 2. The fourth-order valence-electron chi connectivity index (χ4n) is 2.15. The van der Waals surface area contributed by atoms with E-state index in [0.29, 0.717) is 11.4 Å². The summed E-state index contributed by atoms with van der Waals surface area (Å²) in [5, 5.41) is 3.65. The van der Waals surface area contributed by atoms with Crippen molar-refractivity contribution < 1.29 is 4.79 Å². The molecule has 0 spiro atoms. The third-order valence-corrected chi connectivity index (χ3v) is 3.72. The zero-order valence-electron chi connectivity index (χ0n) is 11.3. The van der Waals surface area contributed by atoms with Crippen molar-refractivity contribution in [2.75, 3.05) is 5.32 Å². The molecule has 0 aliphatic rings. The van der Waals surface area contributed by atoms with Crippen molar-refractivity contribution in [1.82, 2.24) is 9.97 Å². The van der Waals surface area contributed by atoms with Crippen molar-refractivity contribution in [1.29, 1.82) is 0 Å². The van der Waals surface area contributed by atoms with Crippen molar-refractivity contribution in [2.24, 2.45) is 0 Å². The Morgan fingerprint density at radius 3 is 2.81 bits per heavy atom. The van der Waals surface area contributed by atoms with Gasteiger partial charge in [-0.2, -0.15) is 0 Å². The summed E-state index contributed by atoms with van der Waals surface area (Å²) in [6, 6.07) is 13.0. The van der Waals surface area contributed by atoms with Crippen LogP contribution in [0.2, 0.25) is 0 Å². The summed E-state index contributed by atoms with van der Waals surface area (Å²) in [4.78, 5) is 21.1. The number of fused-ring (bicyclic) bond motifs is 1. The van der Waals surface area contributed by atoms with Gasteiger partial charge in [0.25, 0.3) is 5.91 Å². The molecule has 21 heavy (non-hydrogen) atoms. The number of rotatable bonds is 2. The highest BCUT2D eigenvalue weighted by molar-refractivity contribution is 9.10. The molecule has 0 fully saturated rings. The first kappa shape index (κ1) is 13.7. The number of para-hydroxylation sites is 1. The minimum absolute atomic E-state index is 0.198. The van der Waals surface area contributed by atoms with Crippen molar-refractivity contribution in [2.45, 2.75) is 6.92 Å². The van der Waals surface area contributed by atoms with Gasteiger partial charge >= 0.3 is 0 Å². The molecular formula is C16H12BrN3O. The molecule has 1 N–H and O–H groups in total. The fraction of sp³-hybridized carbons (Fsp3) is 0.0625. The van der Waals surface area contributed by atoms with Crippen molar-refractivity contribution in [3.8, 4) is 0 Å².